The summed E-state index contributed by atoms with van der Waals surface area (Å²) in [6.45, 7) is 1.72. The van der Waals surface area contributed by atoms with Gasteiger partial charge in [0.15, 0.2) is 0 Å². The topological polar surface area (TPSA) is 77.8 Å². The predicted octanol–water partition coefficient (Wildman–Crippen LogP) is 0.929. The Morgan fingerprint density at radius 3 is 2.36 bits per heavy atom. The Balaban J connectivity index is 3.44. The third kappa shape index (κ3) is 9.22. The minimum atomic E-state index is -1.05. The minimum Gasteiger partial charge on any atom is -0.478 e. The fourth-order valence-corrected chi connectivity index (χ4v) is 1.08. The van der Waals surface area contributed by atoms with E-state index in [1.807, 2.05) is 0 Å². The van der Waals surface area contributed by atoms with E-state index < -0.39 is 12.1 Å². The first-order valence-corrected chi connectivity index (χ1v) is 4.79. The van der Waals surface area contributed by atoms with E-state index in [0.717, 1.165) is 25.3 Å². The molecule has 0 aromatic rings. The highest BCUT2D eigenvalue weighted by Gasteiger charge is 2.01. The average Bonchev–Trinajstić information content (AvgIpc) is 2.08. The summed E-state index contributed by atoms with van der Waals surface area (Å²) in [7, 11) is 0. The maximum Gasteiger partial charge on any atom is 0.328 e. The molecule has 0 radical (unpaired) electrons. The molecular weight excluding hydrogens is 184 g/mol. The van der Waals surface area contributed by atoms with E-state index in [1.165, 1.54) is 6.08 Å². The Hall–Kier alpha value is -0.870. The van der Waals surface area contributed by atoms with Gasteiger partial charge in [-0.1, -0.05) is 12.8 Å². The van der Waals surface area contributed by atoms with E-state index in [0.29, 0.717) is 6.42 Å². The molecule has 0 fully saturated rings. The third-order valence-electron chi connectivity index (χ3n) is 1.83. The number of rotatable bonds is 7. The van der Waals surface area contributed by atoms with Gasteiger partial charge in [-0.05, 0) is 25.8 Å². The van der Waals surface area contributed by atoms with Crippen LogP contribution in [0, 0.1) is 0 Å². The van der Waals surface area contributed by atoms with Gasteiger partial charge < -0.3 is 15.3 Å². The van der Waals surface area contributed by atoms with Gasteiger partial charge in [-0.15, -0.1) is 0 Å². The van der Waals surface area contributed by atoms with Crippen LogP contribution in [0.2, 0.25) is 0 Å². The predicted molar refractivity (Wildman–Crippen MR) is 52.9 cm³/mol. The highest BCUT2D eigenvalue weighted by Crippen LogP contribution is 2.06. The normalized spacial score (nSPS) is 15.6. The Labute approximate surface area is 83.9 Å². The van der Waals surface area contributed by atoms with Crippen molar-refractivity contribution < 1.29 is 20.1 Å². The molecule has 82 valence electrons. The summed E-state index contributed by atoms with van der Waals surface area (Å²) in [5.74, 6) is -1.05. The van der Waals surface area contributed by atoms with Crippen LogP contribution < -0.4 is 0 Å². The van der Waals surface area contributed by atoms with Gasteiger partial charge in [0.05, 0.1) is 12.2 Å². The van der Waals surface area contributed by atoms with E-state index in [1.54, 1.807) is 6.92 Å². The van der Waals surface area contributed by atoms with Crippen LogP contribution in [0.15, 0.2) is 12.2 Å². The molecule has 0 spiro atoms. The molecular formula is C10H18O4. The summed E-state index contributed by atoms with van der Waals surface area (Å²) < 4.78 is 0. The molecule has 4 heteroatoms. The average molecular weight is 202 g/mol. The second-order valence-electron chi connectivity index (χ2n) is 3.40. The van der Waals surface area contributed by atoms with E-state index in [9.17, 15) is 9.90 Å². The lowest BCUT2D eigenvalue weighted by molar-refractivity contribution is -0.131. The van der Waals surface area contributed by atoms with Crippen molar-refractivity contribution in [2.75, 3.05) is 0 Å². The van der Waals surface area contributed by atoms with E-state index >= 15 is 0 Å². The molecule has 0 bridgehead atoms. The molecule has 0 saturated carbocycles. The number of hydrogen-bond acceptors (Lipinski definition) is 3. The molecule has 0 aromatic carbocycles. The van der Waals surface area contributed by atoms with Gasteiger partial charge in [0.1, 0.15) is 0 Å². The van der Waals surface area contributed by atoms with Crippen LogP contribution in [-0.4, -0.2) is 33.5 Å². The molecule has 0 aromatic heterocycles. The SMILES string of the molecule is CC(O)CCCCC(O)/C=C/C(=O)O. The fraction of sp³-hybridized carbons (Fsp3) is 0.700. The summed E-state index contributed by atoms with van der Waals surface area (Å²) in [5, 5.41) is 26.5. The van der Waals surface area contributed by atoms with Crippen LogP contribution in [0.3, 0.4) is 0 Å². The van der Waals surface area contributed by atoms with Crippen LogP contribution in [0.1, 0.15) is 32.6 Å². The van der Waals surface area contributed by atoms with E-state index in [2.05, 4.69) is 0 Å². The molecule has 0 aliphatic rings. The molecule has 2 atom stereocenters. The molecule has 14 heavy (non-hydrogen) atoms. The number of carboxylic acid groups (broad SMARTS) is 1. The van der Waals surface area contributed by atoms with Crippen molar-refractivity contribution in [1.82, 2.24) is 0 Å². The van der Waals surface area contributed by atoms with Crippen molar-refractivity contribution in [3.8, 4) is 0 Å². The lowest BCUT2D eigenvalue weighted by atomic mass is 10.1. The molecule has 0 aliphatic carbocycles. The standard InChI is InChI=1S/C10H18O4/c1-8(11)4-2-3-5-9(12)6-7-10(13)14/h6-9,11-12H,2-5H2,1H3,(H,13,14)/b7-6+. The summed E-state index contributed by atoms with van der Waals surface area (Å²) in [6.07, 6.45) is 4.10. The Morgan fingerprint density at radius 2 is 1.86 bits per heavy atom. The smallest absolute Gasteiger partial charge is 0.328 e. The number of aliphatic carboxylic acids is 1. The van der Waals surface area contributed by atoms with Gasteiger partial charge in [-0.3, -0.25) is 0 Å². The fourth-order valence-electron chi connectivity index (χ4n) is 1.08. The summed E-state index contributed by atoms with van der Waals surface area (Å²) in [5.41, 5.74) is 0. The Morgan fingerprint density at radius 1 is 1.29 bits per heavy atom. The zero-order valence-corrected chi connectivity index (χ0v) is 8.39. The molecule has 0 saturated heterocycles. The summed E-state index contributed by atoms with van der Waals surface area (Å²) in [4.78, 5) is 10.1. The van der Waals surface area contributed by atoms with Gasteiger partial charge in [-0.2, -0.15) is 0 Å². The molecule has 0 rings (SSSR count). The highest BCUT2D eigenvalue weighted by atomic mass is 16.4. The van der Waals surface area contributed by atoms with Crippen LogP contribution in [-0.2, 0) is 4.79 Å². The molecule has 0 heterocycles. The van der Waals surface area contributed by atoms with Crippen molar-refractivity contribution in [1.29, 1.82) is 0 Å². The van der Waals surface area contributed by atoms with Gasteiger partial charge in [-0.25, -0.2) is 4.79 Å². The van der Waals surface area contributed by atoms with Gasteiger partial charge in [0.2, 0.25) is 0 Å². The van der Waals surface area contributed by atoms with Crippen LogP contribution in [0.5, 0.6) is 0 Å². The van der Waals surface area contributed by atoms with E-state index in [-0.39, 0.29) is 6.10 Å². The quantitative estimate of drug-likeness (QED) is 0.424. The second kappa shape index (κ2) is 7.53. The van der Waals surface area contributed by atoms with Crippen molar-refractivity contribution in [2.45, 2.75) is 44.8 Å². The van der Waals surface area contributed by atoms with Crippen molar-refractivity contribution in [3.05, 3.63) is 12.2 Å². The first kappa shape index (κ1) is 13.1. The molecule has 0 amide bonds. The lowest BCUT2D eigenvalue weighted by Gasteiger charge is -2.06. The minimum absolute atomic E-state index is 0.304. The lowest BCUT2D eigenvalue weighted by Crippen LogP contribution is -2.04. The number of aliphatic hydroxyl groups is 2. The van der Waals surface area contributed by atoms with Crippen molar-refractivity contribution in [2.24, 2.45) is 0 Å². The zero-order valence-electron chi connectivity index (χ0n) is 8.39. The first-order chi connectivity index (χ1) is 6.52. The maximum atomic E-state index is 10.1. The van der Waals surface area contributed by atoms with Gasteiger partial charge in [0.25, 0.3) is 0 Å². The number of unbranched alkanes of at least 4 members (excludes halogenated alkanes) is 1. The molecule has 2 unspecified atom stereocenters. The van der Waals surface area contributed by atoms with Gasteiger partial charge in [0, 0.05) is 6.08 Å². The summed E-state index contributed by atoms with van der Waals surface area (Å²) >= 11 is 0. The monoisotopic (exact) mass is 202 g/mol. The number of aliphatic hydroxyl groups excluding tert-OH is 2. The van der Waals surface area contributed by atoms with Crippen LogP contribution in [0.4, 0.5) is 0 Å². The van der Waals surface area contributed by atoms with Gasteiger partial charge >= 0.3 is 5.97 Å². The highest BCUT2D eigenvalue weighted by molar-refractivity contribution is 5.79. The van der Waals surface area contributed by atoms with Crippen LogP contribution >= 0.6 is 0 Å². The number of carboxylic acids is 1. The van der Waals surface area contributed by atoms with E-state index in [4.69, 9.17) is 10.2 Å². The number of carbonyl (C=O) groups is 1. The first-order valence-electron chi connectivity index (χ1n) is 4.79. The molecule has 4 nitrogen and oxygen atoms in total. The Bertz CT molecular complexity index is 187. The number of hydrogen-bond donors (Lipinski definition) is 3. The Kier molecular flexibility index (Phi) is 7.06. The maximum absolute atomic E-state index is 10.1. The third-order valence-corrected chi connectivity index (χ3v) is 1.83. The molecule has 0 aliphatic heterocycles. The van der Waals surface area contributed by atoms with Crippen LogP contribution in [0.25, 0.3) is 0 Å². The largest absolute Gasteiger partial charge is 0.478 e. The van der Waals surface area contributed by atoms with Crippen molar-refractivity contribution in [3.63, 3.8) is 0 Å². The molecule has 3 N–H and O–H groups in total. The summed E-state index contributed by atoms with van der Waals surface area (Å²) in [6, 6.07) is 0. The second-order valence-corrected chi connectivity index (χ2v) is 3.40. The van der Waals surface area contributed by atoms with Crippen molar-refractivity contribution >= 4 is 5.97 Å². The zero-order chi connectivity index (χ0) is 11.0.